The minimum atomic E-state index is -0.905. The SMILES string of the molecule is CN1C(=O)C(c2ccccc2)C(=O)N(C)C1c1ccc(C2=[N+]([O-])C(C)(C)C(C)(C)N2[O])cc1. The molecule has 1 fully saturated rings. The van der Waals surface area contributed by atoms with Gasteiger partial charge < -0.3 is 15.0 Å². The first-order valence-corrected chi connectivity index (χ1v) is 10.9. The Morgan fingerprint density at radius 3 is 1.79 bits per heavy atom. The molecule has 173 valence electrons. The van der Waals surface area contributed by atoms with Crippen LogP contribution in [0.1, 0.15) is 56.5 Å². The van der Waals surface area contributed by atoms with Gasteiger partial charge in [0.2, 0.25) is 11.8 Å². The molecule has 0 aliphatic carbocycles. The standard InChI is InChI=1S/C25H29N4O4/c1-24(2)25(3,4)29(33)21(28(24)32)18-14-12-17(13-15-18)20-26(5)22(30)19(23(31)27(20)6)16-10-8-7-9-11-16/h7-15,19-20H,1-6H3. The molecule has 2 aliphatic rings. The monoisotopic (exact) mass is 449 g/mol. The number of likely N-dealkylation sites (N-methyl/N-ethyl adjacent to an activating group) is 2. The summed E-state index contributed by atoms with van der Waals surface area (Å²) >= 11 is 0. The maximum atomic E-state index is 13.1. The molecule has 1 radical (unpaired) electrons. The van der Waals surface area contributed by atoms with Gasteiger partial charge in [-0.3, -0.25) is 14.3 Å². The Labute approximate surface area is 193 Å². The molecule has 0 saturated carbocycles. The second-order valence-corrected chi connectivity index (χ2v) is 9.77. The second-order valence-electron chi connectivity index (χ2n) is 9.77. The molecule has 0 bridgehead atoms. The van der Waals surface area contributed by atoms with Crippen molar-refractivity contribution >= 4 is 17.6 Å². The van der Waals surface area contributed by atoms with E-state index in [2.05, 4.69) is 0 Å². The van der Waals surface area contributed by atoms with Gasteiger partial charge in [0, 0.05) is 19.3 Å². The van der Waals surface area contributed by atoms with Crippen molar-refractivity contribution in [1.29, 1.82) is 0 Å². The van der Waals surface area contributed by atoms with Gasteiger partial charge in [0.15, 0.2) is 5.54 Å². The van der Waals surface area contributed by atoms with Crippen LogP contribution in [0.25, 0.3) is 0 Å². The van der Waals surface area contributed by atoms with Gasteiger partial charge in [0.1, 0.15) is 17.6 Å². The zero-order valence-corrected chi connectivity index (χ0v) is 19.8. The summed E-state index contributed by atoms with van der Waals surface area (Å²) in [7, 11) is 3.35. The van der Waals surface area contributed by atoms with Crippen molar-refractivity contribution in [3.63, 3.8) is 0 Å². The van der Waals surface area contributed by atoms with E-state index in [-0.39, 0.29) is 17.6 Å². The van der Waals surface area contributed by atoms with E-state index in [0.29, 0.717) is 16.7 Å². The average Bonchev–Trinajstić information content (AvgIpc) is 2.90. The van der Waals surface area contributed by atoms with Crippen LogP contribution in [0.2, 0.25) is 0 Å². The Balaban J connectivity index is 1.66. The first-order valence-electron chi connectivity index (χ1n) is 10.9. The van der Waals surface area contributed by atoms with Crippen molar-refractivity contribution in [3.05, 3.63) is 76.5 Å². The molecule has 0 atom stereocenters. The maximum Gasteiger partial charge on any atom is 0.316 e. The van der Waals surface area contributed by atoms with Crippen LogP contribution < -0.4 is 0 Å². The predicted octanol–water partition coefficient (Wildman–Crippen LogP) is 2.87. The van der Waals surface area contributed by atoms with E-state index in [1.54, 1.807) is 88.0 Å². The van der Waals surface area contributed by atoms with Crippen LogP contribution in [-0.4, -0.2) is 62.4 Å². The van der Waals surface area contributed by atoms with Crippen LogP contribution in [0.15, 0.2) is 54.6 Å². The van der Waals surface area contributed by atoms with Gasteiger partial charge in [0.25, 0.3) is 0 Å². The largest absolute Gasteiger partial charge is 0.714 e. The van der Waals surface area contributed by atoms with Crippen LogP contribution in [0, 0.1) is 5.21 Å². The normalized spacial score (nSPS) is 24.6. The third-order valence-corrected chi connectivity index (χ3v) is 7.42. The molecule has 4 rings (SSSR count). The van der Waals surface area contributed by atoms with Gasteiger partial charge in [-0.15, -0.1) is 0 Å². The maximum absolute atomic E-state index is 13.1. The number of benzene rings is 2. The van der Waals surface area contributed by atoms with Gasteiger partial charge in [-0.1, -0.05) is 47.5 Å². The van der Waals surface area contributed by atoms with E-state index in [1.165, 1.54) is 0 Å². The number of carbonyl (C=O) groups excluding carboxylic acids is 2. The molecule has 0 aromatic heterocycles. The van der Waals surface area contributed by atoms with Crippen molar-refractivity contribution in [2.24, 2.45) is 0 Å². The third kappa shape index (κ3) is 3.20. The molecule has 33 heavy (non-hydrogen) atoms. The molecule has 8 nitrogen and oxygen atoms in total. The molecule has 1 saturated heterocycles. The average molecular weight is 450 g/mol. The number of hydroxylamine groups is 3. The summed E-state index contributed by atoms with van der Waals surface area (Å²) < 4.78 is 0.769. The predicted molar refractivity (Wildman–Crippen MR) is 122 cm³/mol. The number of hydrogen-bond donors (Lipinski definition) is 0. The number of carbonyl (C=O) groups is 2. The van der Waals surface area contributed by atoms with Crippen molar-refractivity contribution in [2.75, 3.05) is 14.1 Å². The van der Waals surface area contributed by atoms with E-state index in [9.17, 15) is 20.0 Å². The van der Waals surface area contributed by atoms with E-state index < -0.39 is 23.2 Å². The zero-order chi connectivity index (χ0) is 24.3. The van der Waals surface area contributed by atoms with E-state index in [4.69, 9.17) is 0 Å². The van der Waals surface area contributed by atoms with Crippen LogP contribution >= 0.6 is 0 Å². The number of rotatable bonds is 3. The molecule has 0 unspecified atom stereocenters. The smallest absolute Gasteiger partial charge is 0.316 e. The molecule has 2 amide bonds. The minimum absolute atomic E-state index is 0.0539. The Hall–Kier alpha value is -3.39. The molecule has 0 spiro atoms. The van der Waals surface area contributed by atoms with Gasteiger partial charge in [-0.05, 0) is 51.0 Å². The summed E-state index contributed by atoms with van der Waals surface area (Å²) in [5.74, 6) is -1.37. The summed E-state index contributed by atoms with van der Waals surface area (Å²) in [5, 5.41) is 26.6. The highest BCUT2D eigenvalue weighted by atomic mass is 16.5. The number of hydrogen-bond acceptors (Lipinski definition) is 4. The van der Waals surface area contributed by atoms with Crippen molar-refractivity contribution < 1.29 is 19.5 Å². The lowest BCUT2D eigenvalue weighted by Crippen LogP contribution is -2.54. The first kappa shape index (κ1) is 22.8. The number of amides is 2. The van der Waals surface area contributed by atoms with Crippen LogP contribution in [0.3, 0.4) is 0 Å². The second kappa shape index (κ2) is 7.59. The van der Waals surface area contributed by atoms with Crippen molar-refractivity contribution in [3.8, 4) is 0 Å². The number of amidine groups is 1. The lowest BCUT2D eigenvalue weighted by Gasteiger charge is -2.43. The zero-order valence-electron chi connectivity index (χ0n) is 19.8. The van der Waals surface area contributed by atoms with Crippen LogP contribution in [0.5, 0.6) is 0 Å². The molecular formula is C25H29N4O4. The third-order valence-electron chi connectivity index (χ3n) is 7.42. The highest BCUT2D eigenvalue weighted by Gasteiger charge is 2.60. The molecule has 2 aromatic carbocycles. The fourth-order valence-electron chi connectivity index (χ4n) is 4.54. The highest BCUT2D eigenvalue weighted by molar-refractivity contribution is 6.07. The summed E-state index contributed by atoms with van der Waals surface area (Å²) in [4.78, 5) is 29.4. The fraction of sp³-hybridized carbons (Fsp3) is 0.400. The Morgan fingerprint density at radius 2 is 1.33 bits per heavy atom. The Kier molecular flexibility index (Phi) is 5.24. The van der Waals surface area contributed by atoms with E-state index in [1.807, 2.05) is 18.2 Å². The van der Waals surface area contributed by atoms with E-state index in [0.717, 1.165) is 9.80 Å². The number of nitrogens with zero attached hydrogens (tertiary/aromatic N) is 4. The fourth-order valence-corrected chi connectivity index (χ4v) is 4.54. The topological polar surface area (TPSA) is 89.8 Å². The summed E-state index contributed by atoms with van der Waals surface area (Å²) in [6.07, 6.45) is -0.591. The molecular weight excluding hydrogens is 420 g/mol. The van der Waals surface area contributed by atoms with Crippen LogP contribution in [-0.2, 0) is 14.8 Å². The molecule has 8 heteroatoms. The summed E-state index contributed by atoms with van der Waals surface area (Å²) in [6.45, 7) is 6.99. The minimum Gasteiger partial charge on any atom is -0.714 e. The van der Waals surface area contributed by atoms with E-state index >= 15 is 0 Å². The lowest BCUT2D eigenvalue weighted by atomic mass is 9.84. The van der Waals surface area contributed by atoms with Gasteiger partial charge >= 0.3 is 5.84 Å². The quantitative estimate of drug-likeness (QED) is 0.409. The molecule has 2 aromatic rings. The lowest BCUT2D eigenvalue weighted by molar-refractivity contribution is -0.539. The molecule has 2 aliphatic heterocycles. The van der Waals surface area contributed by atoms with Gasteiger partial charge in [-0.2, -0.15) is 0 Å². The van der Waals surface area contributed by atoms with Gasteiger partial charge in [-0.25, -0.2) is 0 Å². The Morgan fingerprint density at radius 1 is 0.818 bits per heavy atom. The van der Waals surface area contributed by atoms with Crippen molar-refractivity contribution in [2.45, 2.75) is 50.9 Å². The first-order chi connectivity index (χ1) is 15.4. The summed E-state index contributed by atoms with van der Waals surface area (Å²) in [6, 6.07) is 15.9. The highest BCUT2D eigenvalue weighted by Crippen LogP contribution is 2.38. The molecule has 2 heterocycles. The Bertz CT molecular complexity index is 1100. The van der Waals surface area contributed by atoms with Crippen LogP contribution in [0.4, 0.5) is 0 Å². The van der Waals surface area contributed by atoms with Gasteiger partial charge in [0.05, 0.1) is 5.56 Å². The molecule has 0 N–H and O–H groups in total. The summed E-state index contributed by atoms with van der Waals surface area (Å²) in [5.41, 5.74) is 0.0524. The van der Waals surface area contributed by atoms with Crippen molar-refractivity contribution in [1.82, 2.24) is 14.9 Å².